The van der Waals surface area contributed by atoms with Crippen LogP contribution in [0.15, 0.2) is 12.1 Å². The Balaban J connectivity index is 0.000000885. The molecule has 0 aliphatic carbocycles. The third kappa shape index (κ3) is 7.10. The lowest BCUT2D eigenvalue weighted by Gasteiger charge is -2.14. The summed E-state index contributed by atoms with van der Waals surface area (Å²) in [5.41, 5.74) is 5.43. The first-order valence-electron chi connectivity index (χ1n) is 5.55. The van der Waals surface area contributed by atoms with E-state index in [2.05, 4.69) is 4.52 Å². The Morgan fingerprint density at radius 1 is 1.38 bits per heavy atom. The van der Waals surface area contributed by atoms with Crippen molar-refractivity contribution in [1.29, 1.82) is 0 Å². The summed E-state index contributed by atoms with van der Waals surface area (Å²) < 4.78 is 15.1. The van der Waals surface area contributed by atoms with Crippen LogP contribution in [-0.2, 0) is 15.8 Å². The molecule has 0 aromatic heterocycles. The van der Waals surface area contributed by atoms with E-state index in [0.717, 1.165) is 6.92 Å². The molecule has 0 atom stereocenters. The van der Waals surface area contributed by atoms with Crippen molar-refractivity contribution >= 4 is 31.3 Å². The number of phosphoric acid groups is 1. The zero-order valence-corrected chi connectivity index (χ0v) is 12.9. The molecule has 0 heterocycles. The molecule has 0 bridgehead atoms. The van der Waals surface area contributed by atoms with Gasteiger partial charge in [0.05, 0.1) is 5.56 Å². The Hall–Kier alpha value is -1.60. The predicted molar refractivity (Wildman–Crippen MR) is 75.3 cm³/mol. The van der Waals surface area contributed by atoms with Gasteiger partial charge in [0.2, 0.25) is 0 Å². The summed E-state index contributed by atoms with van der Waals surface area (Å²) in [5, 5.41) is 7.71. The first kappa shape index (κ1) is 19.4. The van der Waals surface area contributed by atoms with Crippen molar-refractivity contribution in [3.63, 3.8) is 0 Å². The zero-order chi connectivity index (χ0) is 16.8. The Morgan fingerprint density at radius 2 is 1.86 bits per heavy atom. The molecule has 0 fully saturated rings. The fraction of sp³-hybridized carbons (Fsp3) is 0.273. The third-order valence-electron chi connectivity index (χ3n) is 2.03. The molecule has 21 heavy (non-hydrogen) atoms. The number of benzene rings is 1. The number of halogens is 1. The first-order chi connectivity index (χ1) is 9.49. The minimum atomic E-state index is -4.75. The van der Waals surface area contributed by atoms with Crippen LogP contribution in [0.3, 0.4) is 0 Å². The lowest BCUT2D eigenvalue weighted by molar-refractivity contribution is -0.134. The molecule has 0 unspecified atom stereocenters. The number of rotatable bonds is 4. The molecule has 0 saturated carbocycles. The Morgan fingerprint density at radius 3 is 2.19 bits per heavy atom. The van der Waals surface area contributed by atoms with Gasteiger partial charge < -0.3 is 15.4 Å². The van der Waals surface area contributed by atoms with Gasteiger partial charge in [0, 0.05) is 11.9 Å². The van der Waals surface area contributed by atoms with Crippen molar-refractivity contribution in [3.8, 4) is 5.75 Å². The summed E-state index contributed by atoms with van der Waals surface area (Å²) in [6.45, 7) is 2.81. The molecule has 0 radical (unpaired) electrons. The van der Waals surface area contributed by atoms with Crippen LogP contribution in [0, 0.1) is 0 Å². The van der Waals surface area contributed by atoms with Gasteiger partial charge in [-0.15, -0.1) is 0 Å². The summed E-state index contributed by atoms with van der Waals surface area (Å²) in [6.07, 6.45) is 0.384. The van der Waals surface area contributed by atoms with E-state index in [0.29, 0.717) is 17.0 Å². The smallest absolute Gasteiger partial charge is 0.481 e. The van der Waals surface area contributed by atoms with Gasteiger partial charge in [-0.25, -0.2) is 4.57 Å². The van der Waals surface area contributed by atoms with E-state index in [1.807, 2.05) is 0 Å². The van der Waals surface area contributed by atoms with Crippen molar-refractivity contribution in [2.24, 2.45) is 5.73 Å². The number of hydrogen-bond acceptors (Lipinski definition) is 4. The Labute approximate surface area is 125 Å². The summed E-state index contributed by atoms with van der Waals surface area (Å²) >= 11 is 5.86. The maximum Gasteiger partial charge on any atom is 0.524 e. The minimum Gasteiger partial charge on any atom is -0.481 e. The van der Waals surface area contributed by atoms with E-state index < -0.39 is 19.7 Å². The first-order valence-corrected chi connectivity index (χ1v) is 7.46. The molecule has 118 valence electrons. The van der Waals surface area contributed by atoms with Gasteiger partial charge in [-0.2, -0.15) is 0 Å². The summed E-state index contributed by atoms with van der Waals surface area (Å²) in [4.78, 5) is 37.7. The number of nitrogens with two attached hydrogens (primary N) is 1. The van der Waals surface area contributed by atoms with Gasteiger partial charge in [-0.1, -0.05) is 18.5 Å². The van der Waals surface area contributed by atoms with E-state index in [-0.39, 0.29) is 11.3 Å². The molecule has 1 aromatic carbocycles. The Bertz CT molecular complexity index is 580. The van der Waals surface area contributed by atoms with Crippen LogP contribution in [0.2, 0.25) is 5.02 Å². The zero-order valence-electron chi connectivity index (χ0n) is 11.2. The largest absolute Gasteiger partial charge is 0.524 e. The number of aliphatic carboxylic acids is 1. The molecule has 1 rings (SSSR count). The third-order valence-corrected chi connectivity index (χ3v) is 2.82. The fourth-order valence-corrected chi connectivity index (χ4v) is 2.12. The monoisotopic (exact) mass is 339 g/mol. The number of carbonyl (C=O) groups is 2. The second-order valence-corrected chi connectivity index (χ2v) is 5.29. The highest BCUT2D eigenvalue weighted by Crippen LogP contribution is 2.41. The molecule has 0 aliphatic heterocycles. The van der Waals surface area contributed by atoms with Crippen LogP contribution >= 0.6 is 19.4 Å². The number of phosphoric ester groups is 1. The SMILES string of the molecule is CC(=O)O.CCc1c(Cl)ccc(OP(=O)(O)O)c1C(N)=O. The maximum absolute atomic E-state index is 11.3. The average Bonchev–Trinajstić information content (AvgIpc) is 2.28. The van der Waals surface area contributed by atoms with Crippen LogP contribution in [0.1, 0.15) is 29.8 Å². The van der Waals surface area contributed by atoms with Crippen LogP contribution in [-0.4, -0.2) is 26.8 Å². The fourth-order valence-electron chi connectivity index (χ4n) is 1.42. The van der Waals surface area contributed by atoms with E-state index in [4.69, 9.17) is 37.0 Å². The lowest BCUT2D eigenvalue weighted by Crippen LogP contribution is -2.15. The quantitative estimate of drug-likeness (QED) is 0.608. The summed E-state index contributed by atoms with van der Waals surface area (Å²) in [6, 6.07) is 2.58. The van der Waals surface area contributed by atoms with Crippen molar-refractivity contribution in [2.45, 2.75) is 20.3 Å². The highest BCUT2D eigenvalue weighted by Gasteiger charge is 2.23. The van der Waals surface area contributed by atoms with E-state index >= 15 is 0 Å². The maximum atomic E-state index is 11.3. The van der Waals surface area contributed by atoms with Crippen LogP contribution in [0.4, 0.5) is 0 Å². The highest BCUT2D eigenvalue weighted by molar-refractivity contribution is 7.46. The van der Waals surface area contributed by atoms with Gasteiger partial charge >= 0.3 is 7.82 Å². The van der Waals surface area contributed by atoms with Gasteiger partial charge in [0.1, 0.15) is 5.75 Å². The van der Waals surface area contributed by atoms with E-state index in [1.54, 1.807) is 6.92 Å². The van der Waals surface area contributed by atoms with E-state index in [9.17, 15) is 9.36 Å². The molecule has 1 aromatic rings. The molecule has 0 spiro atoms. The molecule has 5 N–H and O–H groups in total. The molecule has 1 amide bonds. The van der Waals surface area contributed by atoms with E-state index in [1.165, 1.54) is 12.1 Å². The van der Waals surface area contributed by atoms with Gasteiger partial charge in [0.25, 0.3) is 11.9 Å². The lowest BCUT2D eigenvalue weighted by atomic mass is 10.0. The summed E-state index contributed by atoms with van der Waals surface area (Å²) in [7, 11) is -4.75. The number of carboxylic acid groups (broad SMARTS) is 1. The molecule has 8 nitrogen and oxygen atoms in total. The number of amides is 1. The standard InChI is InChI=1S/C9H11ClNO5P.C2H4O2/c1-2-5-6(10)3-4-7(8(5)9(11)12)16-17(13,14)15;1-2(3)4/h3-4H,2H2,1H3,(H2,11,12)(H2,13,14,15);1H3,(H,3,4). The molecule has 10 heteroatoms. The number of carbonyl (C=O) groups excluding carboxylic acids is 1. The number of carboxylic acids is 1. The second-order valence-electron chi connectivity index (χ2n) is 3.72. The van der Waals surface area contributed by atoms with Gasteiger partial charge in [-0.3, -0.25) is 19.4 Å². The number of primary amides is 1. The van der Waals surface area contributed by atoms with Gasteiger partial charge in [0.15, 0.2) is 0 Å². The molecular weight excluding hydrogens is 325 g/mol. The molecular formula is C11H15ClNO7P. The average molecular weight is 340 g/mol. The normalized spacial score (nSPS) is 10.3. The summed E-state index contributed by atoms with van der Waals surface area (Å²) in [5.74, 6) is -1.96. The van der Waals surface area contributed by atoms with Crippen LogP contribution in [0.25, 0.3) is 0 Å². The van der Waals surface area contributed by atoms with Gasteiger partial charge in [-0.05, 0) is 24.1 Å². The second kappa shape index (κ2) is 7.99. The minimum absolute atomic E-state index is 0.108. The predicted octanol–water partition coefficient (Wildman–Crippen LogP) is 1.56. The molecule has 0 aliphatic rings. The van der Waals surface area contributed by atoms with Crippen LogP contribution in [0.5, 0.6) is 5.75 Å². The highest BCUT2D eigenvalue weighted by atomic mass is 35.5. The number of hydrogen-bond donors (Lipinski definition) is 4. The van der Waals surface area contributed by atoms with Crippen molar-refractivity contribution in [1.82, 2.24) is 0 Å². The topological polar surface area (TPSA) is 147 Å². The van der Waals surface area contributed by atoms with Crippen molar-refractivity contribution in [2.75, 3.05) is 0 Å². The van der Waals surface area contributed by atoms with Crippen molar-refractivity contribution < 1.29 is 33.6 Å². The van der Waals surface area contributed by atoms with Crippen LogP contribution < -0.4 is 10.3 Å². The Kier molecular flexibility index (Phi) is 7.38. The van der Waals surface area contributed by atoms with Crippen molar-refractivity contribution in [3.05, 3.63) is 28.3 Å². The molecule has 0 saturated heterocycles.